The third-order valence-corrected chi connectivity index (χ3v) is 3.61. The van der Waals surface area contributed by atoms with Crippen molar-refractivity contribution in [1.29, 1.82) is 0 Å². The van der Waals surface area contributed by atoms with Crippen LogP contribution in [0.25, 0.3) is 0 Å². The average Bonchev–Trinajstić information content (AvgIpc) is 2.51. The van der Waals surface area contributed by atoms with Crippen molar-refractivity contribution in [1.82, 2.24) is 19.5 Å². The Morgan fingerprint density at radius 3 is 2.67 bits per heavy atom. The van der Waals surface area contributed by atoms with Crippen molar-refractivity contribution in [2.75, 3.05) is 19.4 Å². The maximum absolute atomic E-state index is 11.4. The standard InChI is InChI=1S/C7H14N4O3S/c1-6-8-7(10-9-6)5-11(2)15(13,14)4-3-12/h12H,3-5H2,1-2H3,(H,8,9,10). The van der Waals surface area contributed by atoms with Gasteiger partial charge in [-0.15, -0.1) is 0 Å². The SMILES string of the molecule is Cc1nc(CN(C)S(=O)(=O)CCO)n[nH]1. The fraction of sp³-hybridized carbons (Fsp3) is 0.714. The van der Waals surface area contributed by atoms with Crippen LogP contribution in [0.4, 0.5) is 0 Å². The van der Waals surface area contributed by atoms with Crippen LogP contribution in [0.5, 0.6) is 0 Å². The Kier molecular flexibility index (Phi) is 3.77. The fourth-order valence-corrected chi connectivity index (χ4v) is 1.88. The van der Waals surface area contributed by atoms with Gasteiger partial charge in [-0.25, -0.2) is 13.4 Å². The number of aromatic nitrogens is 3. The van der Waals surface area contributed by atoms with Crippen LogP contribution in [0.3, 0.4) is 0 Å². The molecule has 0 aliphatic heterocycles. The molecule has 0 aliphatic carbocycles. The minimum absolute atomic E-state index is 0.104. The minimum Gasteiger partial charge on any atom is -0.395 e. The molecule has 0 bridgehead atoms. The van der Waals surface area contributed by atoms with Crippen LogP contribution in [0.15, 0.2) is 0 Å². The van der Waals surface area contributed by atoms with Gasteiger partial charge in [0.2, 0.25) is 10.0 Å². The number of aliphatic hydroxyl groups is 1. The first kappa shape index (κ1) is 12.1. The van der Waals surface area contributed by atoms with Crippen LogP contribution < -0.4 is 0 Å². The highest BCUT2D eigenvalue weighted by atomic mass is 32.2. The number of aliphatic hydroxyl groups excluding tert-OH is 1. The molecule has 7 nitrogen and oxygen atoms in total. The Bertz CT molecular complexity index is 414. The van der Waals surface area contributed by atoms with Crippen molar-refractivity contribution < 1.29 is 13.5 Å². The van der Waals surface area contributed by atoms with Crippen LogP contribution in [0.2, 0.25) is 0 Å². The minimum atomic E-state index is -3.41. The molecule has 0 spiro atoms. The van der Waals surface area contributed by atoms with Gasteiger partial charge >= 0.3 is 0 Å². The Morgan fingerprint density at radius 2 is 2.20 bits per heavy atom. The van der Waals surface area contributed by atoms with Gasteiger partial charge in [-0.2, -0.15) is 9.40 Å². The summed E-state index contributed by atoms with van der Waals surface area (Å²) in [6.07, 6.45) is 0. The van der Waals surface area contributed by atoms with E-state index >= 15 is 0 Å². The van der Waals surface area contributed by atoms with E-state index in [9.17, 15) is 8.42 Å². The Hall–Kier alpha value is -0.990. The lowest BCUT2D eigenvalue weighted by Crippen LogP contribution is -2.30. The summed E-state index contributed by atoms with van der Waals surface area (Å²) in [4.78, 5) is 3.99. The predicted octanol–water partition coefficient (Wildman–Crippen LogP) is -1.13. The first-order chi connectivity index (χ1) is 6.95. The smallest absolute Gasteiger partial charge is 0.216 e. The summed E-state index contributed by atoms with van der Waals surface area (Å²) in [5.74, 6) is 0.766. The average molecular weight is 234 g/mol. The zero-order chi connectivity index (χ0) is 11.5. The molecule has 0 amide bonds. The lowest BCUT2D eigenvalue weighted by Gasteiger charge is -2.13. The van der Waals surface area contributed by atoms with E-state index in [2.05, 4.69) is 15.2 Å². The molecule has 1 rings (SSSR count). The molecule has 86 valence electrons. The molecule has 0 atom stereocenters. The monoisotopic (exact) mass is 234 g/mol. The number of nitrogens with zero attached hydrogens (tertiary/aromatic N) is 3. The summed E-state index contributed by atoms with van der Waals surface area (Å²) >= 11 is 0. The molecule has 0 unspecified atom stereocenters. The van der Waals surface area contributed by atoms with E-state index in [-0.39, 0.29) is 18.9 Å². The van der Waals surface area contributed by atoms with Crippen molar-refractivity contribution in [3.05, 3.63) is 11.6 Å². The first-order valence-corrected chi connectivity index (χ1v) is 5.99. The lowest BCUT2D eigenvalue weighted by atomic mass is 10.6. The van der Waals surface area contributed by atoms with E-state index in [0.29, 0.717) is 11.6 Å². The Labute approximate surface area is 88.2 Å². The van der Waals surface area contributed by atoms with E-state index in [1.807, 2.05) is 0 Å². The molecule has 0 saturated carbocycles. The summed E-state index contributed by atoms with van der Waals surface area (Å²) in [7, 11) is -1.98. The van der Waals surface area contributed by atoms with E-state index in [1.54, 1.807) is 6.92 Å². The van der Waals surface area contributed by atoms with Crippen LogP contribution in [-0.4, -0.2) is 52.4 Å². The number of hydrogen-bond acceptors (Lipinski definition) is 5. The first-order valence-electron chi connectivity index (χ1n) is 4.38. The summed E-state index contributed by atoms with van der Waals surface area (Å²) in [6, 6.07) is 0. The molecule has 0 aromatic carbocycles. The van der Waals surface area contributed by atoms with Gasteiger partial charge in [0.05, 0.1) is 18.9 Å². The highest BCUT2D eigenvalue weighted by molar-refractivity contribution is 7.89. The Balaban J connectivity index is 2.67. The second-order valence-corrected chi connectivity index (χ2v) is 5.33. The highest BCUT2D eigenvalue weighted by Crippen LogP contribution is 2.03. The summed E-state index contributed by atoms with van der Waals surface area (Å²) in [6.45, 7) is 1.45. The van der Waals surface area contributed by atoms with E-state index in [0.717, 1.165) is 4.31 Å². The molecule has 1 aromatic heterocycles. The van der Waals surface area contributed by atoms with Crippen LogP contribution in [-0.2, 0) is 16.6 Å². The maximum atomic E-state index is 11.4. The summed E-state index contributed by atoms with van der Waals surface area (Å²) in [5, 5.41) is 15.0. The molecule has 0 saturated heterocycles. The number of rotatable bonds is 5. The van der Waals surface area contributed by atoms with Gasteiger partial charge in [-0.1, -0.05) is 0 Å². The predicted molar refractivity (Wildman–Crippen MR) is 53.5 cm³/mol. The number of aryl methyl sites for hydroxylation is 1. The third kappa shape index (κ3) is 3.26. The van der Waals surface area contributed by atoms with Gasteiger partial charge < -0.3 is 5.11 Å². The molecule has 0 fully saturated rings. The van der Waals surface area contributed by atoms with Crippen LogP contribution >= 0.6 is 0 Å². The zero-order valence-electron chi connectivity index (χ0n) is 8.63. The fourth-order valence-electron chi connectivity index (χ4n) is 1.03. The van der Waals surface area contributed by atoms with Gasteiger partial charge in [0.25, 0.3) is 0 Å². The molecule has 8 heteroatoms. The molecule has 1 aromatic rings. The van der Waals surface area contributed by atoms with Crippen LogP contribution in [0.1, 0.15) is 11.6 Å². The zero-order valence-corrected chi connectivity index (χ0v) is 9.45. The molecule has 1 heterocycles. The van der Waals surface area contributed by atoms with Crippen molar-refractivity contribution >= 4 is 10.0 Å². The molecule has 0 radical (unpaired) electrons. The topological polar surface area (TPSA) is 99.2 Å². The van der Waals surface area contributed by atoms with Gasteiger partial charge in [-0.05, 0) is 6.92 Å². The second-order valence-electron chi connectivity index (χ2n) is 3.13. The quantitative estimate of drug-likeness (QED) is 0.671. The highest BCUT2D eigenvalue weighted by Gasteiger charge is 2.18. The van der Waals surface area contributed by atoms with Crippen molar-refractivity contribution in [2.24, 2.45) is 0 Å². The number of aromatic amines is 1. The van der Waals surface area contributed by atoms with Crippen molar-refractivity contribution in [3.63, 3.8) is 0 Å². The Morgan fingerprint density at radius 1 is 1.53 bits per heavy atom. The van der Waals surface area contributed by atoms with Crippen LogP contribution in [0, 0.1) is 6.92 Å². The normalized spacial score (nSPS) is 12.3. The number of hydrogen-bond donors (Lipinski definition) is 2. The number of nitrogens with one attached hydrogen (secondary N) is 1. The summed E-state index contributed by atoms with van der Waals surface area (Å²) in [5.41, 5.74) is 0. The van der Waals surface area contributed by atoms with Gasteiger partial charge in [0.1, 0.15) is 5.82 Å². The largest absolute Gasteiger partial charge is 0.395 e. The molecule has 15 heavy (non-hydrogen) atoms. The molecule has 2 N–H and O–H groups in total. The van der Waals surface area contributed by atoms with E-state index < -0.39 is 10.0 Å². The van der Waals surface area contributed by atoms with Gasteiger partial charge in [0.15, 0.2) is 5.82 Å². The van der Waals surface area contributed by atoms with Crippen molar-refractivity contribution in [2.45, 2.75) is 13.5 Å². The molecular formula is C7H14N4O3S. The number of H-pyrrole nitrogens is 1. The molecule has 0 aliphatic rings. The third-order valence-electron chi connectivity index (χ3n) is 1.83. The summed E-state index contributed by atoms with van der Waals surface area (Å²) < 4.78 is 24.0. The van der Waals surface area contributed by atoms with Crippen molar-refractivity contribution in [3.8, 4) is 0 Å². The lowest BCUT2D eigenvalue weighted by molar-refractivity contribution is 0.315. The maximum Gasteiger partial charge on any atom is 0.216 e. The van der Waals surface area contributed by atoms with Gasteiger partial charge in [-0.3, -0.25) is 5.10 Å². The molecular weight excluding hydrogens is 220 g/mol. The van der Waals surface area contributed by atoms with E-state index in [4.69, 9.17) is 5.11 Å². The number of sulfonamides is 1. The second kappa shape index (κ2) is 4.69. The van der Waals surface area contributed by atoms with Gasteiger partial charge in [0, 0.05) is 7.05 Å². The van der Waals surface area contributed by atoms with E-state index in [1.165, 1.54) is 7.05 Å².